The predicted molar refractivity (Wildman–Crippen MR) is 114 cm³/mol. The molecule has 4 rings (SSSR count). The molecule has 3 aromatic heterocycles. The molecule has 3 heterocycles. The normalized spacial score (nSPS) is 11.3. The fraction of sp³-hybridized carbons (Fsp3) is 0.333. The summed E-state index contributed by atoms with van der Waals surface area (Å²) in [5.74, 6) is 0.523. The van der Waals surface area contributed by atoms with Crippen molar-refractivity contribution in [2.45, 2.75) is 26.3 Å². The summed E-state index contributed by atoms with van der Waals surface area (Å²) in [4.78, 5) is 22.2. The fourth-order valence-corrected chi connectivity index (χ4v) is 3.54. The van der Waals surface area contributed by atoms with Crippen molar-refractivity contribution in [2.24, 2.45) is 14.1 Å². The summed E-state index contributed by atoms with van der Waals surface area (Å²) >= 11 is 0. The molecule has 0 atom stereocenters. The highest BCUT2D eigenvalue weighted by Gasteiger charge is 2.17. The molecule has 0 radical (unpaired) electrons. The second-order valence-corrected chi connectivity index (χ2v) is 7.27. The lowest BCUT2D eigenvalue weighted by Gasteiger charge is -2.17. The molecule has 0 fully saturated rings. The van der Waals surface area contributed by atoms with E-state index in [1.54, 1.807) is 11.7 Å². The van der Waals surface area contributed by atoms with Crippen molar-refractivity contribution in [3.8, 4) is 11.3 Å². The van der Waals surface area contributed by atoms with Gasteiger partial charge >= 0.3 is 0 Å². The molecule has 0 amide bonds. The summed E-state index contributed by atoms with van der Waals surface area (Å²) in [6.07, 6.45) is 1.74. The van der Waals surface area contributed by atoms with Crippen LogP contribution >= 0.6 is 0 Å². The van der Waals surface area contributed by atoms with Gasteiger partial charge in [0, 0.05) is 26.7 Å². The van der Waals surface area contributed by atoms with Crippen molar-refractivity contribution in [2.75, 3.05) is 11.9 Å². The Morgan fingerprint density at radius 1 is 1.10 bits per heavy atom. The summed E-state index contributed by atoms with van der Waals surface area (Å²) in [5, 5.41) is 9.10. The molecular weight excluding hydrogens is 366 g/mol. The molecule has 0 aliphatic heterocycles. The first-order valence-corrected chi connectivity index (χ1v) is 9.73. The maximum Gasteiger partial charge on any atom is 0.278 e. The van der Waals surface area contributed by atoms with Crippen molar-refractivity contribution in [3.05, 3.63) is 58.1 Å². The van der Waals surface area contributed by atoms with Crippen LogP contribution in [0.4, 0.5) is 5.95 Å². The number of fused-ring (bicyclic) bond motifs is 1. The average molecular weight is 391 g/mol. The maximum atomic E-state index is 12.7. The Morgan fingerprint density at radius 2 is 1.86 bits per heavy atom. The molecule has 8 heteroatoms. The number of hydrogen-bond acceptors (Lipinski definition) is 5. The first kappa shape index (κ1) is 18.9. The number of aromatic nitrogens is 6. The number of benzene rings is 1. The van der Waals surface area contributed by atoms with Crippen LogP contribution in [-0.2, 0) is 27.1 Å². The Kier molecular flexibility index (Phi) is 4.92. The quantitative estimate of drug-likeness (QED) is 0.546. The monoisotopic (exact) mass is 391 g/mol. The topological polar surface area (TPSA) is 84.6 Å². The van der Waals surface area contributed by atoms with Crippen molar-refractivity contribution < 1.29 is 0 Å². The number of aryl methyl sites for hydroxylation is 3. The number of aromatic amines is 1. The van der Waals surface area contributed by atoms with Gasteiger partial charge in [0.2, 0.25) is 5.95 Å². The number of nitrogens with zero attached hydrogens (tertiary/aromatic N) is 6. The lowest BCUT2D eigenvalue weighted by atomic mass is 10.1. The third-order valence-electron chi connectivity index (χ3n) is 5.04. The van der Waals surface area contributed by atoms with Crippen LogP contribution in [0.15, 0.2) is 41.2 Å². The lowest BCUT2D eigenvalue weighted by molar-refractivity contribution is 0.695. The molecule has 150 valence electrons. The van der Waals surface area contributed by atoms with Crippen LogP contribution in [0.1, 0.15) is 24.7 Å². The fourth-order valence-electron chi connectivity index (χ4n) is 3.54. The van der Waals surface area contributed by atoms with Crippen molar-refractivity contribution >= 4 is 17.0 Å². The van der Waals surface area contributed by atoms with Crippen LogP contribution in [0.5, 0.6) is 0 Å². The molecule has 0 aliphatic carbocycles. The number of H-pyrrole nitrogens is 1. The van der Waals surface area contributed by atoms with Gasteiger partial charge < -0.3 is 4.90 Å². The van der Waals surface area contributed by atoms with E-state index in [9.17, 15) is 4.79 Å². The summed E-state index contributed by atoms with van der Waals surface area (Å²) < 4.78 is 3.48. The number of rotatable bonds is 6. The van der Waals surface area contributed by atoms with Crippen LogP contribution in [0, 0.1) is 0 Å². The van der Waals surface area contributed by atoms with Crippen molar-refractivity contribution in [1.82, 2.24) is 29.5 Å². The smallest absolute Gasteiger partial charge is 0.278 e. The van der Waals surface area contributed by atoms with E-state index in [4.69, 9.17) is 4.98 Å². The molecule has 0 unspecified atom stereocenters. The van der Waals surface area contributed by atoms with Gasteiger partial charge in [-0.05, 0) is 12.5 Å². The van der Waals surface area contributed by atoms with Gasteiger partial charge in [-0.3, -0.25) is 19.1 Å². The first-order valence-electron chi connectivity index (χ1n) is 9.73. The van der Waals surface area contributed by atoms with E-state index in [1.807, 2.05) is 54.0 Å². The molecule has 0 spiro atoms. The minimum absolute atomic E-state index is 0.177. The first-order chi connectivity index (χ1) is 14.0. The minimum Gasteiger partial charge on any atom is -0.339 e. The third kappa shape index (κ3) is 3.53. The van der Waals surface area contributed by atoms with Gasteiger partial charge in [0.15, 0.2) is 5.52 Å². The second kappa shape index (κ2) is 7.54. The number of nitrogens with one attached hydrogen (secondary N) is 1. The molecule has 1 N–H and O–H groups in total. The van der Waals surface area contributed by atoms with Gasteiger partial charge in [0.05, 0.1) is 23.6 Å². The zero-order valence-corrected chi connectivity index (χ0v) is 17.2. The lowest BCUT2D eigenvalue weighted by Crippen LogP contribution is -2.24. The van der Waals surface area contributed by atoms with Crippen LogP contribution in [0.25, 0.3) is 22.3 Å². The predicted octanol–water partition coefficient (Wildman–Crippen LogP) is 2.65. The second-order valence-electron chi connectivity index (χ2n) is 7.27. The third-order valence-corrected chi connectivity index (χ3v) is 5.04. The number of anilines is 1. The maximum absolute atomic E-state index is 12.7. The Hall–Kier alpha value is -3.42. The van der Waals surface area contributed by atoms with E-state index in [-0.39, 0.29) is 5.56 Å². The molecule has 8 nitrogen and oxygen atoms in total. The van der Waals surface area contributed by atoms with E-state index in [1.165, 1.54) is 0 Å². The SMILES string of the molecule is CCCc1nn(C)c2c(=O)[nH]c(N(C)Cc3cc(-c4ccccc4)nn3C)nc12. The van der Waals surface area contributed by atoms with Gasteiger partial charge in [-0.15, -0.1) is 0 Å². The van der Waals surface area contributed by atoms with Crippen LogP contribution in [0.3, 0.4) is 0 Å². The van der Waals surface area contributed by atoms with E-state index in [0.29, 0.717) is 23.5 Å². The van der Waals surface area contributed by atoms with Gasteiger partial charge in [-0.2, -0.15) is 10.2 Å². The molecular formula is C21H25N7O. The molecule has 0 saturated heterocycles. The average Bonchev–Trinajstić information content (AvgIpc) is 3.23. The number of hydrogen-bond donors (Lipinski definition) is 1. The Morgan fingerprint density at radius 3 is 2.59 bits per heavy atom. The molecule has 1 aromatic carbocycles. The molecule has 0 aliphatic rings. The van der Waals surface area contributed by atoms with Gasteiger partial charge in [0.25, 0.3) is 5.56 Å². The van der Waals surface area contributed by atoms with Crippen LogP contribution < -0.4 is 10.5 Å². The molecule has 29 heavy (non-hydrogen) atoms. The van der Waals surface area contributed by atoms with E-state index >= 15 is 0 Å². The Bertz CT molecular complexity index is 1200. The summed E-state index contributed by atoms with van der Waals surface area (Å²) in [6, 6.07) is 12.1. The molecule has 4 aromatic rings. The zero-order valence-electron chi connectivity index (χ0n) is 17.2. The molecule has 0 bridgehead atoms. The van der Waals surface area contributed by atoms with Crippen molar-refractivity contribution in [1.29, 1.82) is 0 Å². The largest absolute Gasteiger partial charge is 0.339 e. The summed E-state index contributed by atoms with van der Waals surface area (Å²) in [7, 11) is 5.62. The molecule has 0 saturated carbocycles. The standard InChI is InChI=1S/C21H25N7O/c1-5-9-16-18-19(28(4)24-16)20(29)23-21(22-18)26(2)13-15-12-17(25-27(15)3)14-10-7-6-8-11-14/h6-8,10-12H,5,9,13H2,1-4H3,(H,22,23,29). The highest BCUT2D eigenvalue weighted by molar-refractivity contribution is 5.77. The van der Waals surface area contributed by atoms with Gasteiger partial charge in [0.1, 0.15) is 5.52 Å². The summed E-state index contributed by atoms with van der Waals surface area (Å²) in [6.45, 7) is 2.65. The Labute approximate surface area is 168 Å². The van der Waals surface area contributed by atoms with E-state index in [0.717, 1.165) is 35.5 Å². The highest BCUT2D eigenvalue weighted by Crippen LogP contribution is 2.21. The van der Waals surface area contributed by atoms with Crippen LogP contribution in [0.2, 0.25) is 0 Å². The summed E-state index contributed by atoms with van der Waals surface area (Å²) in [5.41, 5.74) is 4.89. The van der Waals surface area contributed by atoms with E-state index in [2.05, 4.69) is 28.2 Å². The van der Waals surface area contributed by atoms with Crippen molar-refractivity contribution in [3.63, 3.8) is 0 Å². The van der Waals surface area contributed by atoms with Crippen LogP contribution in [-0.4, -0.2) is 36.6 Å². The Balaban J connectivity index is 1.66. The zero-order chi connectivity index (χ0) is 20.5. The highest BCUT2D eigenvalue weighted by atomic mass is 16.1. The van der Waals surface area contributed by atoms with E-state index < -0.39 is 0 Å². The minimum atomic E-state index is -0.177. The van der Waals surface area contributed by atoms with Gasteiger partial charge in [-0.25, -0.2) is 4.98 Å². The van der Waals surface area contributed by atoms with Gasteiger partial charge in [-0.1, -0.05) is 43.7 Å².